The second-order valence-electron chi connectivity index (χ2n) is 10.1. The molecule has 2 aliphatic carbocycles. The van der Waals surface area contributed by atoms with Gasteiger partial charge in [0.25, 0.3) is 0 Å². The van der Waals surface area contributed by atoms with Crippen molar-refractivity contribution in [3.05, 3.63) is 77.9 Å². The molecule has 1 atom stereocenters. The van der Waals surface area contributed by atoms with Crippen LogP contribution in [0.4, 0.5) is 5.82 Å². The van der Waals surface area contributed by atoms with Gasteiger partial charge in [0.15, 0.2) is 11.9 Å². The van der Waals surface area contributed by atoms with E-state index in [4.69, 9.17) is 9.72 Å². The Morgan fingerprint density at radius 3 is 2.55 bits per heavy atom. The minimum atomic E-state index is -0.586. The summed E-state index contributed by atoms with van der Waals surface area (Å²) in [7, 11) is 0. The highest BCUT2D eigenvalue weighted by molar-refractivity contribution is 7.74. The number of thiol groups is 1. The summed E-state index contributed by atoms with van der Waals surface area (Å²) < 4.78 is 4.91. The molecule has 1 unspecified atom stereocenters. The maximum Gasteiger partial charge on any atom is 0.232 e. The molecule has 2 fully saturated rings. The number of aromatic nitrogens is 4. The minimum Gasteiger partial charge on any atom is -0.477 e. The van der Waals surface area contributed by atoms with Crippen molar-refractivity contribution in [2.75, 3.05) is 12.0 Å². The number of hydroxylamine groups is 1. The van der Waals surface area contributed by atoms with Gasteiger partial charge in [0.2, 0.25) is 5.88 Å². The van der Waals surface area contributed by atoms with Crippen LogP contribution < -0.4 is 15.5 Å². The molecule has 9 nitrogen and oxygen atoms in total. The Kier molecular flexibility index (Phi) is 8.54. The molecular formula is C28H38N7O2S+. The molecule has 0 bridgehead atoms. The van der Waals surface area contributed by atoms with Crippen LogP contribution in [0.1, 0.15) is 71.2 Å². The van der Waals surface area contributed by atoms with Crippen LogP contribution in [0.5, 0.6) is 5.88 Å². The average molecular weight is 537 g/mol. The van der Waals surface area contributed by atoms with E-state index < -0.39 is 9.58 Å². The second kappa shape index (κ2) is 11.7. The van der Waals surface area contributed by atoms with Crippen LogP contribution in [0.15, 0.2) is 66.6 Å². The number of allylic oxidation sites excluding steroid dienone is 6. The lowest BCUT2D eigenvalue weighted by Crippen LogP contribution is -2.43. The fraction of sp³-hybridized carbons (Fsp3) is 0.429. The van der Waals surface area contributed by atoms with Crippen LogP contribution >= 0.6 is 12.8 Å². The quantitative estimate of drug-likeness (QED) is 0.119. The SMILES string of the molecule is C=C(/C=C\C(=C/C)c1cncc(OCC)n1)NC(=C1CCC1)C(C)(C)c1cncc(N[N+](O)(S)C2CC2)n1. The van der Waals surface area contributed by atoms with Crippen molar-refractivity contribution in [3.63, 3.8) is 0 Å². The van der Waals surface area contributed by atoms with Crippen molar-refractivity contribution in [3.8, 4) is 5.88 Å². The summed E-state index contributed by atoms with van der Waals surface area (Å²) in [5, 5.41) is 14.1. The summed E-state index contributed by atoms with van der Waals surface area (Å²) in [4.78, 5) is 18.0. The largest absolute Gasteiger partial charge is 0.477 e. The summed E-state index contributed by atoms with van der Waals surface area (Å²) in [6.07, 6.45) is 17.7. The van der Waals surface area contributed by atoms with Crippen molar-refractivity contribution in [2.45, 2.75) is 71.3 Å². The van der Waals surface area contributed by atoms with Gasteiger partial charge in [-0.05, 0) is 68.3 Å². The number of hydrogen-bond acceptors (Lipinski definition) is 9. The molecular weight excluding hydrogens is 498 g/mol. The second-order valence-corrected chi connectivity index (χ2v) is 10.8. The predicted octanol–water partition coefficient (Wildman–Crippen LogP) is 5.68. The third kappa shape index (κ3) is 6.61. The molecule has 2 saturated carbocycles. The first-order valence-corrected chi connectivity index (χ1v) is 13.5. The van der Waals surface area contributed by atoms with Crippen molar-refractivity contribution >= 4 is 24.2 Å². The van der Waals surface area contributed by atoms with Gasteiger partial charge in [-0.25, -0.2) is 9.97 Å². The van der Waals surface area contributed by atoms with Crippen molar-refractivity contribution < 1.29 is 14.1 Å². The van der Waals surface area contributed by atoms with E-state index in [9.17, 15) is 5.21 Å². The van der Waals surface area contributed by atoms with Crippen LogP contribution in [-0.4, -0.2) is 42.0 Å². The molecule has 10 heteroatoms. The molecule has 2 heterocycles. The van der Waals surface area contributed by atoms with Crippen molar-refractivity contribution in [1.29, 1.82) is 0 Å². The lowest BCUT2D eigenvalue weighted by atomic mass is 9.77. The van der Waals surface area contributed by atoms with Gasteiger partial charge in [0.1, 0.15) is 12.8 Å². The third-order valence-electron chi connectivity index (χ3n) is 6.81. The Balaban J connectivity index is 1.52. The molecule has 2 aromatic heterocycles. The smallest absolute Gasteiger partial charge is 0.232 e. The zero-order chi connectivity index (χ0) is 27.3. The monoisotopic (exact) mass is 536 g/mol. The van der Waals surface area contributed by atoms with Crippen LogP contribution in [0.3, 0.4) is 0 Å². The fourth-order valence-electron chi connectivity index (χ4n) is 4.26. The van der Waals surface area contributed by atoms with Gasteiger partial charge in [0, 0.05) is 35.8 Å². The highest BCUT2D eigenvalue weighted by atomic mass is 32.1. The Morgan fingerprint density at radius 1 is 1.18 bits per heavy atom. The molecule has 202 valence electrons. The first kappa shape index (κ1) is 27.8. The normalized spacial score (nSPS) is 17.5. The first-order valence-electron chi connectivity index (χ1n) is 13.1. The first-order chi connectivity index (χ1) is 18.1. The Hall–Kier alpha value is -3.21. The van der Waals surface area contributed by atoms with Gasteiger partial charge in [0.05, 0.1) is 36.6 Å². The number of ether oxygens (including phenoxy) is 1. The topological polar surface area (TPSA) is 105 Å². The highest BCUT2D eigenvalue weighted by Gasteiger charge is 2.44. The molecule has 38 heavy (non-hydrogen) atoms. The van der Waals surface area contributed by atoms with Crippen LogP contribution in [0.2, 0.25) is 0 Å². The number of nitrogens with zero attached hydrogens (tertiary/aromatic N) is 5. The zero-order valence-corrected chi connectivity index (χ0v) is 23.5. The van der Waals surface area contributed by atoms with Gasteiger partial charge in [-0.1, -0.05) is 18.7 Å². The minimum absolute atomic E-state index is 0.0518. The maximum absolute atomic E-state index is 10.6. The van der Waals surface area contributed by atoms with Crippen molar-refractivity contribution in [1.82, 2.24) is 25.3 Å². The molecule has 4 rings (SSSR count). The van der Waals surface area contributed by atoms with Gasteiger partial charge < -0.3 is 10.1 Å². The molecule has 0 radical (unpaired) electrons. The molecule has 3 N–H and O–H groups in total. The van der Waals surface area contributed by atoms with Gasteiger partial charge >= 0.3 is 0 Å². The molecule has 0 aromatic carbocycles. The fourth-order valence-corrected chi connectivity index (χ4v) is 4.59. The standard InChI is InChI=1S/C28H38N7O2S/c1-6-20(23-15-29-18-26(32-23)37-7-2)12-11-19(3)31-27(21-9-8-10-21)28(4,5)24-16-30-17-25(33-24)34-35(36,38)22-13-14-22/h6,11-12,15-18,22,31,36,38H,3,7-10,13-14H2,1-2,4-5H3,(H,33,34)/q+1/b12-11-,20-6+. The maximum atomic E-state index is 10.6. The summed E-state index contributed by atoms with van der Waals surface area (Å²) in [5.41, 5.74) is 8.11. The summed E-state index contributed by atoms with van der Waals surface area (Å²) in [6.45, 7) is 12.9. The molecule has 0 aliphatic heterocycles. The highest BCUT2D eigenvalue weighted by Crippen LogP contribution is 2.39. The van der Waals surface area contributed by atoms with E-state index in [1.165, 1.54) is 5.57 Å². The van der Waals surface area contributed by atoms with Crippen molar-refractivity contribution in [2.24, 2.45) is 0 Å². The van der Waals surface area contributed by atoms with Crippen LogP contribution in [-0.2, 0) is 5.41 Å². The number of anilines is 1. The summed E-state index contributed by atoms with van der Waals surface area (Å²) in [5.74, 6) is 0.975. The average Bonchev–Trinajstić information content (AvgIpc) is 3.70. The Bertz CT molecular complexity index is 1260. The lowest BCUT2D eigenvalue weighted by molar-refractivity contribution is -0.981. The van der Waals surface area contributed by atoms with E-state index >= 15 is 0 Å². The molecule has 2 aromatic rings. The third-order valence-corrected chi connectivity index (χ3v) is 7.23. The molecule has 2 aliphatic rings. The van der Waals surface area contributed by atoms with Crippen LogP contribution in [0.25, 0.3) is 5.57 Å². The number of nitrogens with one attached hydrogen (secondary N) is 2. The van der Waals surface area contributed by atoms with E-state index in [-0.39, 0.29) is 6.04 Å². The van der Waals surface area contributed by atoms with E-state index in [1.54, 1.807) is 24.8 Å². The number of hydrogen-bond donors (Lipinski definition) is 4. The molecule has 0 spiro atoms. The lowest BCUT2D eigenvalue weighted by Gasteiger charge is -2.34. The van der Waals surface area contributed by atoms with E-state index in [2.05, 4.69) is 58.9 Å². The van der Waals surface area contributed by atoms with Gasteiger partial charge in [-0.2, -0.15) is 10.6 Å². The predicted molar refractivity (Wildman–Crippen MR) is 152 cm³/mol. The zero-order valence-electron chi connectivity index (χ0n) is 22.6. The van der Waals surface area contributed by atoms with Gasteiger partial charge in [-0.15, -0.1) is 0 Å². The van der Waals surface area contributed by atoms with E-state index in [1.807, 2.05) is 32.1 Å². The van der Waals surface area contributed by atoms with Gasteiger partial charge in [-0.3, -0.25) is 9.97 Å². The van der Waals surface area contributed by atoms with E-state index in [0.717, 1.165) is 60.5 Å². The number of rotatable bonds is 12. The summed E-state index contributed by atoms with van der Waals surface area (Å²) >= 11 is 4.35. The molecule has 0 amide bonds. The molecule has 0 saturated heterocycles. The van der Waals surface area contributed by atoms with Crippen LogP contribution in [0, 0.1) is 0 Å². The Labute approximate surface area is 230 Å². The Morgan fingerprint density at radius 2 is 1.92 bits per heavy atom. The van der Waals surface area contributed by atoms with E-state index in [0.29, 0.717) is 18.3 Å². The summed E-state index contributed by atoms with van der Waals surface area (Å²) in [6, 6.07) is 0.0518. The number of quaternary nitrogens is 1.